The summed E-state index contributed by atoms with van der Waals surface area (Å²) in [5, 5.41) is 0. The second-order valence-electron chi connectivity index (χ2n) is 6.09. The quantitative estimate of drug-likeness (QED) is 0.647. The minimum atomic E-state index is -0.416. The highest BCUT2D eigenvalue weighted by Gasteiger charge is 2.37. The molecule has 22 heavy (non-hydrogen) atoms. The number of aryl methyl sites for hydroxylation is 1. The van der Waals surface area contributed by atoms with Gasteiger partial charge in [0, 0.05) is 12.1 Å². The highest BCUT2D eigenvalue weighted by Crippen LogP contribution is 2.37. The molecule has 1 aromatic rings. The molecule has 0 saturated carbocycles. The van der Waals surface area contributed by atoms with E-state index in [9.17, 15) is 9.59 Å². The number of amides is 2. The van der Waals surface area contributed by atoms with Gasteiger partial charge in [0.2, 0.25) is 0 Å². The highest BCUT2D eigenvalue weighted by atomic mass is 16.2. The van der Waals surface area contributed by atoms with Crippen LogP contribution in [0.5, 0.6) is 0 Å². The van der Waals surface area contributed by atoms with Crippen molar-refractivity contribution < 1.29 is 9.59 Å². The maximum Gasteiger partial charge on any atom is 0.254 e. The Morgan fingerprint density at radius 2 is 2.05 bits per heavy atom. The number of benzene rings is 1. The first-order valence-electron chi connectivity index (χ1n) is 7.33. The minimum Gasteiger partial charge on any atom is -0.370 e. The van der Waals surface area contributed by atoms with Crippen molar-refractivity contribution in [3.05, 3.63) is 34.9 Å². The largest absolute Gasteiger partial charge is 0.370 e. The van der Waals surface area contributed by atoms with Gasteiger partial charge in [-0.05, 0) is 24.5 Å². The van der Waals surface area contributed by atoms with Crippen LogP contribution in [0.2, 0.25) is 0 Å². The summed E-state index contributed by atoms with van der Waals surface area (Å²) in [6.07, 6.45) is 0.0901. The smallest absolute Gasteiger partial charge is 0.254 e. The molecule has 1 atom stereocenters. The number of hydrogen-bond donors (Lipinski definition) is 2. The lowest BCUT2D eigenvalue weighted by atomic mass is 9.99. The van der Waals surface area contributed by atoms with Crippen LogP contribution in [0.4, 0.5) is 0 Å². The maximum atomic E-state index is 12.6. The molecule has 0 aromatic heterocycles. The molecule has 0 aliphatic carbocycles. The van der Waals surface area contributed by atoms with E-state index in [0.717, 1.165) is 11.1 Å². The van der Waals surface area contributed by atoms with Crippen LogP contribution in [0.1, 0.15) is 47.8 Å². The number of guanidine groups is 1. The van der Waals surface area contributed by atoms with Crippen LogP contribution in [0, 0.1) is 12.8 Å². The minimum absolute atomic E-state index is 0.0359. The number of nitrogens with zero attached hydrogens (tertiary/aromatic N) is 2. The molecule has 0 saturated heterocycles. The lowest BCUT2D eigenvalue weighted by Gasteiger charge is -2.26. The van der Waals surface area contributed by atoms with Crippen molar-refractivity contribution in [2.24, 2.45) is 22.4 Å². The molecule has 1 heterocycles. The Bertz CT molecular complexity index is 633. The number of nitrogens with two attached hydrogens (primary N) is 2. The topological polar surface area (TPSA) is 102 Å². The van der Waals surface area contributed by atoms with Crippen LogP contribution in [0.15, 0.2) is 23.2 Å². The molecule has 0 radical (unpaired) electrons. The average Bonchev–Trinajstić information content (AvgIpc) is 2.62. The summed E-state index contributed by atoms with van der Waals surface area (Å²) >= 11 is 0. The third kappa shape index (κ3) is 3.27. The third-order valence-electron chi connectivity index (χ3n) is 3.62. The molecule has 1 aromatic carbocycles. The lowest BCUT2D eigenvalue weighted by molar-refractivity contribution is -0.118. The summed E-state index contributed by atoms with van der Waals surface area (Å²) < 4.78 is 0. The lowest BCUT2D eigenvalue weighted by Crippen LogP contribution is -2.33. The van der Waals surface area contributed by atoms with Crippen molar-refractivity contribution in [1.82, 2.24) is 4.90 Å². The van der Waals surface area contributed by atoms with Gasteiger partial charge in [-0.2, -0.15) is 4.99 Å². The Morgan fingerprint density at radius 1 is 1.36 bits per heavy atom. The monoisotopic (exact) mass is 302 g/mol. The van der Waals surface area contributed by atoms with Crippen molar-refractivity contribution in [3.63, 3.8) is 0 Å². The molecule has 118 valence electrons. The van der Waals surface area contributed by atoms with E-state index in [1.54, 1.807) is 4.90 Å². The average molecular weight is 302 g/mol. The van der Waals surface area contributed by atoms with E-state index >= 15 is 0 Å². The first-order valence-corrected chi connectivity index (χ1v) is 7.33. The Labute approximate surface area is 130 Å². The van der Waals surface area contributed by atoms with Gasteiger partial charge < -0.3 is 16.4 Å². The molecule has 0 fully saturated rings. The molecule has 6 nitrogen and oxygen atoms in total. The number of carbonyl (C=O) groups is 2. The molecular weight excluding hydrogens is 280 g/mol. The van der Waals surface area contributed by atoms with E-state index in [1.165, 1.54) is 0 Å². The maximum absolute atomic E-state index is 12.6. The number of carbonyl (C=O) groups excluding carboxylic acids is 2. The van der Waals surface area contributed by atoms with Crippen LogP contribution < -0.4 is 11.5 Å². The van der Waals surface area contributed by atoms with Gasteiger partial charge >= 0.3 is 0 Å². The molecule has 2 rings (SSSR count). The zero-order chi connectivity index (χ0) is 16.4. The predicted octanol–water partition coefficient (Wildman–Crippen LogP) is 1.34. The van der Waals surface area contributed by atoms with E-state index in [0.29, 0.717) is 18.0 Å². The molecule has 0 spiro atoms. The number of aliphatic imine (C=N–C) groups is 1. The first kappa shape index (κ1) is 16.0. The fourth-order valence-electron chi connectivity index (χ4n) is 2.80. The van der Waals surface area contributed by atoms with Crippen molar-refractivity contribution in [2.45, 2.75) is 33.2 Å². The fraction of sp³-hybridized carbons (Fsp3) is 0.438. The summed E-state index contributed by atoms with van der Waals surface area (Å²) in [6, 6.07) is 5.39. The molecule has 1 aliphatic heterocycles. The second-order valence-corrected chi connectivity index (χ2v) is 6.09. The van der Waals surface area contributed by atoms with Gasteiger partial charge in [-0.1, -0.05) is 31.5 Å². The van der Waals surface area contributed by atoms with Crippen LogP contribution in [-0.4, -0.2) is 29.2 Å². The molecule has 1 aliphatic rings. The Balaban J connectivity index is 2.37. The van der Waals surface area contributed by atoms with E-state index in [4.69, 9.17) is 11.5 Å². The van der Waals surface area contributed by atoms with Gasteiger partial charge in [-0.15, -0.1) is 0 Å². The van der Waals surface area contributed by atoms with Gasteiger partial charge in [0.1, 0.15) is 0 Å². The molecule has 2 amide bonds. The van der Waals surface area contributed by atoms with E-state index in [1.807, 2.05) is 39.0 Å². The van der Waals surface area contributed by atoms with Crippen LogP contribution in [-0.2, 0) is 4.79 Å². The van der Waals surface area contributed by atoms with Gasteiger partial charge in [0.15, 0.2) is 5.96 Å². The number of hydrogen-bond acceptors (Lipinski definition) is 2. The normalized spacial score (nSPS) is 16.8. The van der Waals surface area contributed by atoms with Crippen molar-refractivity contribution in [1.29, 1.82) is 0 Å². The Kier molecular flexibility index (Phi) is 4.49. The number of fused-ring (bicyclic) bond motifs is 1. The van der Waals surface area contributed by atoms with Crippen molar-refractivity contribution >= 4 is 17.8 Å². The predicted molar refractivity (Wildman–Crippen MR) is 85.2 cm³/mol. The summed E-state index contributed by atoms with van der Waals surface area (Å²) in [6.45, 7) is 6.63. The Morgan fingerprint density at radius 3 is 2.64 bits per heavy atom. The van der Waals surface area contributed by atoms with Gasteiger partial charge in [0.25, 0.3) is 11.8 Å². The van der Waals surface area contributed by atoms with Gasteiger partial charge in [-0.3, -0.25) is 9.59 Å². The molecule has 4 N–H and O–H groups in total. The van der Waals surface area contributed by atoms with Crippen LogP contribution >= 0.6 is 0 Å². The SMILES string of the molecule is Cc1ccc2c(c1)C(CC(=O)N=C(N)N)N(CC(C)C)C2=O. The molecule has 6 heteroatoms. The summed E-state index contributed by atoms with van der Waals surface area (Å²) in [4.78, 5) is 29.9. The van der Waals surface area contributed by atoms with E-state index in [-0.39, 0.29) is 24.3 Å². The molecular formula is C16H22N4O2. The summed E-state index contributed by atoms with van der Waals surface area (Å²) in [7, 11) is 0. The van der Waals surface area contributed by atoms with Crippen molar-refractivity contribution in [2.75, 3.05) is 6.54 Å². The fourth-order valence-corrected chi connectivity index (χ4v) is 2.80. The molecule has 1 unspecified atom stereocenters. The summed E-state index contributed by atoms with van der Waals surface area (Å²) in [5.74, 6) is -0.402. The van der Waals surface area contributed by atoms with Crippen LogP contribution in [0.3, 0.4) is 0 Å². The van der Waals surface area contributed by atoms with Gasteiger partial charge in [-0.25, -0.2) is 0 Å². The van der Waals surface area contributed by atoms with Gasteiger partial charge in [0.05, 0.1) is 12.5 Å². The first-order chi connectivity index (χ1) is 10.3. The Hall–Kier alpha value is -2.37. The van der Waals surface area contributed by atoms with E-state index in [2.05, 4.69) is 4.99 Å². The van der Waals surface area contributed by atoms with Crippen molar-refractivity contribution in [3.8, 4) is 0 Å². The highest BCUT2D eigenvalue weighted by molar-refractivity contribution is 6.00. The zero-order valence-corrected chi connectivity index (χ0v) is 13.2. The second kappa shape index (κ2) is 6.17. The number of rotatable bonds is 4. The van der Waals surface area contributed by atoms with E-state index < -0.39 is 5.91 Å². The summed E-state index contributed by atoms with van der Waals surface area (Å²) in [5.41, 5.74) is 13.1. The zero-order valence-electron chi connectivity index (χ0n) is 13.2. The van der Waals surface area contributed by atoms with Crippen LogP contribution in [0.25, 0.3) is 0 Å². The third-order valence-corrected chi connectivity index (χ3v) is 3.62. The molecule has 0 bridgehead atoms. The standard InChI is InChI=1S/C16H22N4O2/c1-9(2)8-20-13(7-14(21)19-16(17)18)12-6-10(3)4-5-11(12)15(20)22/h4-6,9,13H,7-8H2,1-3H3,(H4,17,18,19,21).